The largest absolute Gasteiger partial charge is 0.435 e. The average molecular weight is 391 g/mol. The number of hydrogen-bond acceptors (Lipinski definition) is 5. The summed E-state index contributed by atoms with van der Waals surface area (Å²) < 4.78 is 68.2. The Bertz CT molecular complexity index is 1060. The minimum absolute atomic E-state index is 0.00305. The Labute approximate surface area is 145 Å². The van der Waals surface area contributed by atoms with Crippen LogP contribution in [0.3, 0.4) is 0 Å². The van der Waals surface area contributed by atoms with E-state index in [1.54, 1.807) is 0 Å². The molecule has 0 spiro atoms. The molecule has 0 aliphatic carbocycles. The van der Waals surface area contributed by atoms with Gasteiger partial charge in [-0.15, -0.1) is 0 Å². The Morgan fingerprint density at radius 1 is 1.16 bits per heavy atom. The van der Waals surface area contributed by atoms with Crippen LogP contribution in [0.25, 0.3) is 22.7 Å². The number of oxazole rings is 1. The maximum absolute atomic E-state index is 12.8. The molecule has 3 rings (SSSR count). The van der Waals surface area contributed by atoms with Gasteiger partial charge in [0, 0.05) is 0 Å². The van der Waals surface area contributed by atoms with Gasteiger partial charge in [-0.1, -0.05) is 18.5 Å². The SMILES string of the molecule is CCS(=O)(=O)c1ccc(Cl)nc1-c1nc2cc(C(F)(F)F)ccc2o1. The van der Waals surface area contributed by atoms with Gasteiger partial charge in [0.1, 0.15) is 16.4 Å². The predicted molar refractivity (Wildman–Crippen MR) is 85.0 cm³/mol. The smallest absolute Gasteiger partial charge is 0.416 e. The van der Waals surface area contributed by atoms with E-state index in [9.17, 15) is 21.6 Å². The minimum atomic E-state index is -4.53. The van der Waals surface area contributed by atoms with Gasteiger partial charge >= 0.3 is 6.18 Å². The van der Waals surface area contributed by atoms with Crippen LogP contribution in [0.15, 0.2) is 39.6 Å². The van der Waals surface area contributed by atoms with Crippen LogP contribution in [0.4, 0.5) is 13.2 Å². The molecule has 0 saturated carbocycles. The average Bonchev–Trinajstić information content (AvgIpc) is 2.96. The number of hydrogen-bond donors (Lipinski definition) is 0. The van der Waals surface area contributed by atoms with Crippen LogP contribution in [0.1, 0.15) is 12.5 Å². The lowest BCUT2D eigenvalue weighted by Gasteiger charge is -2.05. The van der Waals surface area contributed by atoms with E-state index >= 15 is 0 Å². The lowest BCUT2D eigenvalue weighted by molar-refractivity contribution is -0.137. The lowest BCUT2D eigenvalue weighted by atomic mass is 10.2. The number of pyridine rings is 1. The third-order valence-electron chi connectivity index (χ3n) is 3.46. The number of benzene rings is 1. The molecule has 25 heavy (non-hydrogen) atoms. The standard InChI is InChI=1S/C15H10ClF3N2O3S/c1-2-25(22,23)11-5-6-12(16)21-13(11)14-20-9-7-8(15(17,18)19)3-4-10(9)24-14/h3-7H,2H2,1H3. The van der Waals surface area contributed by atoms with Gasteiger partial charge in [-0.05, 0) is 30.3 Å². The fraction of sp³-hybridized carbons (Fsp3) is 0.200. The van der Waals surface area contributed by atoms with E-state index in [-0.39, 0.29) is 38.5 Å². The normalized spacial score (nSPS) is 12.7. The Morgan fingerprint density at radius 2 is 1.88 bits per heavy atom. The third-order valence-corrected chi connectivity index (χ3v) is 5.43. The molecule has 0 aliphatic rings. The van der Waals surface area contributed by atoms with E-state index in [2.05, 4.69) is 9.97 Å². The summed E-state index contributed by atoms with van der Waals surface area (Å²) in [6.07, 6.45) is -4.53. The Balaban J connectivity index is 2.22. The van der Waals surface area contributed by atoms with Gasteiger partial charge in [0.2, 0.25) is 5.89 Å². The van der Waals surface area contributed by atoms with Crippen molar-refractivity contribution in [2.45, 2.75) is 18.0 Å². The monoisotopic (exact) mass is 390 g/mol. The summed E-state index contributed by atoms with van der Waals surface area (Å²) in [7, 11) is -3.66. The van der Waals surface area contributed by atoms with Crippen molar-refractivity contribution in [2.24, 2.45) is 0 Å². The van der Waals surface area contributed by atoms with E-state index in [0.717, 1.165) is 18.2 Å². The highest BCUT2D eigenvalue weighted by molar-refractivity contribution is 7.91. The summed E-state index contributed by atoms with van der Waals surface area (Å²) in [6.45, 7) is 1.45. The second-order valence-corrected chi connectivity index (χ2v) is 7.72. The van der Waals surface area contributed by atoms with E-state index in [0.29, 0.717) is 0 Å². The highest BCUT2D eigenvalue weighted by atomic mass is 35.5. The van der Waals surface area contributed by atoms with E-state index in [1.807, 2.05) is 0 Å². The van der Waals surface area contributed by atoms with Crippen molar-refractivity contribution in [3.8, 4) is 11.6 Å². The fourth-order valence-electron chi connectivity index (χ4n) is 2.19. The van der Waals surface area contributed by atoms with Crippen molar-refractivity contribution < 1.29 is 26.0 Å². The first kappa shape index (κ1) is 17.7. The number of halogens is 4. The van der Waals surface area contributed by atoms with Gasteiger partial charge in [-0.2, -0.15) is 13.2 Å². The van der Waals surface area contributed by atoms with E-state index in [1.165, 1.54) is 19.1 Å². The molecule has 10 heteroatoms. The van der Waals surface area contributed by atoms with Crippen LogP contribution in [-0.4, -0.2) is 24.1 Å². The van der Waals surface area contributed by atoms with Gasteiger partial charge in [0.05, 0.1) is 16.2 Å². The van der Waals surface area contributed by atoms with Crippen molar-refractivity contribution in [1.29, 1.82) is 0 Å². The quantitative estimate of drug-likeness (QED) is 0.621. The second-order valence-electron chi connectivity index (χ2n) is 5.08. The highest BCUT2D eigenvalue weighted by Gasteiger charge is 2.31. The van der Waals surface area contributed by atoms with Gasteiger partial charge in [0.15, 0.2) is 15.4 Å². The molecule has 2 aromatic heterocycles. The van der Waals surface area contributed by atoms with Crippen molar-refractivity contribution >= 4 is 32.5 Å². The molecule has 2 heterocycles. The first-order chi connectivity index (χ1) is 11.6. The Morgan fingerprint density at radius 3 is 2.52 bits per heavy atom. The molecule has 132 valence electrons. The number of alkyl halides is 3. The summed E-state index contributed by atoms with van der Waals surface area (Å²) >= 11 is 5.82. The molecule has 0 fully saturated rings. The molecular weight excluding hydrogens is 381 g/mol. The minimum Gasteiger partial charge on any atom is -0.435 e. The first-order valence-electron chi connectivity index (χ1n) is 6.99. The van der Waals surface area contributed by atoms with Crippen molar-refractivity contribution in [2.75, 3.05) is 5.75 Å². The van der Waals surface area contributed by atoms with Crippen LogP contribution >= 0.6 is 11.6 Å². The van der Waals surface area contributed by atoms with Crippen molar-refractivity contribution in [3.63, 3.8) is 0 Å². The third kappa shape index (κ3) is 3.34. The number of nitrogens with zero attached hydrogens (tertiary/aromatic N) is 2. The van der Waals surface area contributed by atoms with Crippen LogP contribution in [0, 0.1) is 0 Å². The molecule has 3 aromatic rings. The molecule has 5 nitrogen and oxygen atoms in total. The van der Waals surface area contributed by atoms with E-state index < -0.39 is 21.6 Å². The number of fused-ring (bicyclic) bond motifs is 1. The molecule has 0 N–H and O–H groups in total. The van der Waals surface area contributed by atoms with Crippen LogP contribution < -0.4 is 0 Å². The van der Waals surface area contributed by atoms with Crippen molar-refractivity contribution in [3.05, 3.63) is 41.0 Å². The highest BCUT2D eigenvalue weighted by Crippen LogP contribution is 2.34. The van der Waals surface area contributed by atoms with E-state index in [4.69, 9.17) is 16.0 Å². The molecule has 0 saturated heterocycles. The Hall–Kier alpha value is -2.13. The van der Waals surface area contributed by atoms with Crippen LogP contribution in [0.5, 0.6) is 0 Å². The van der Waals surface area contributed by atoms with Gasteiger partial charge in [-0.3, -0.25) is 0 Å². The predicted octanol–water partition coefficient (Wildman–Crippen LogP) is 4.36. The second kappa shape index (κ2) is 5.99. The first-order valence-corrected chi connectivity index (χ1v) is 9.02. The zero-order chi connectivity index (χ0) is 18.4. The van der Waals surface area contributed by atoms with Crippen LogP contribution in [-0.2, 0) is 16.0 Å². The maximum atomic E-state index is 12.8. The molecule has 0 aliphatic heterocycles. The fourth-order valence-corrected chi connectivity index (χ4v) is 3.35. The zero-order valence-corrected chi connectivity index (χ0v) is 14.2. The zero-order valence-electron chi connectivity index (χ0n) is 12.6. The molecule has 0 radical (unpaired) electrons. The number of sulfone groups is 1. The molecular formula is C15H10ClF3N2O3S. The summed E-state index contributed by atoms with van der Waals surface area (Å²) in [4.78, 5) is 7.74. The summed E-state index contributed by atoms with van der Waals surface area (Å²) in [5, 5.41) is 0.00305. The summed E-state index contributed by atoms with van der Waals surface area (Å²) in [5.74, 6) is -0.411. The van der Waals surface area contributed by atoms with Gasteiger partial charge in [0.25, 0.3) is 0 Å². The van der Waals surface area contributed by atoms with Gasteiger partial charge < -0.3 is 4.42 Å². The molecule has 0 bridgehead atoms. The topological polar surface area (TPSA) is 73.1 Å². The summed E-state index contributed by atoms with van der Waals surface area (Å²) in [5.41, 5.74) is -1.02. The maximum Gasteiger partial charge on any atom is 0.416 e. The van der Waals surface area contributed by atoms with Crippen molar-refractivity contribution in [1.82, 2.24) is 9.97 Å². The molecule has 1 aromatic carbocycles. The molecule has 0 unspecified atom stereocenters. The lowest BCUT2D eigenvalue weighted by Crippen LogP contribution is -2.07. The van der Waals surface area contributed by atoms with Gasteiger partial charge in [-0.25, -0.2) is 18.4 Å². The number of aromatic nitrogens is 2. The molecule has 0 atom stereocenters. The Kier molecular flexibility index (Phi) is 4.24. The van der Waals surface area contributed by atoms with Crippen LogP contribution in [0.2, 0.25) is 5.15 Å². The summed E-state index contributed by atoms with van der Waals surface area (Å²) in [6, 6.07) is 5.36. The molecule has 0 amide bonds. The number of rotatable bonds is 3.